The maximum Gasteiger partial charge on any atom is 0.254 e. The first-order valence-corrected chi connectivity index (χ1v) is 7.99. The van der Waals surface area contributed by atoms with Gasteiger partial charge >= 0.3 is 0 Å². The largest absolute Gasteiger partial charge is 0.388 e. The molecular weight excluding hydrogens is 344 g/mol. The number of nitrogens with zero attached hydrogens (tertiary/aromatic N) is 1. The highest BCUT2D eigenvalue weighted by molar-refractivity contribution is 9.10. The molecule has 1 aliphatic rings. The lowest BCUT2D eigenvalue weighted by molar-refractivity contribution is 0.0246. The van der Waals surface area contributed by atoms with Crippen LogP contribution in [-0.2, 0) is 0 Å². The fourth-order valence-corrected chi connectivity index (χ4v) is 3.01. The van der Waals surface area contributed by atoms with Crippen LogP contribution in [0.25, 0.3) is 0 Å². The van der Waals surface area contributed by atoms with Gasteiger partial charge in [-0.05, 0) is 34.8 Å². The maximum atomic E-state index is 12.1. The second-order valence-electron chi connectivity index (χ2n) is 5.31. The summed E-state index contributed by atoms with van der Waals surface area (Å²) in [5.41, 5.74) is -0.476. The Kier molecular flexibility index (Phi) is 5.41. The van der Waals surface area contributed by atoms with E-state index in [1.807, 2.05) is 0 Å². The van der Waals surface area contributed by atoms with Gasteiger partial charge < -0.3 is 10.4 Å². The average molecular weight is 362 g/mol. The predicted molar refractivity (Wildman–Crippen MR) is 81.9 cm³/mol. The molecule has 0 aliphatic heterocycles. The van der Waals surface area contributed by atoms with Crippen LogP contribution in [0.5, 0.6) is 0 Å². The van der Waals surface area contributed by atoms with Crippen LogP contribution in [0.4, 0.5) is 0 Å². The number of nitrogens with one attached hydrogen (secondary N) is 1. The lowest BCUT2D eigenvalue weighted by atomic mass is 9.94. The molecule has 20 heavy (non-hydrogen) atoms. The molecule has 4 nitrogen and oxygen atoms in total. The summed E-state index contributed by atoms with van der Waals surface area (Å²) in [7, 11) is 0. The van der Waals surface area contributed by atoms with Crippen LogP contribution in [0.1, 0.15) is 48.9 Å². The Balaban J connectivity index is 1.99. The molecule has 2 rings (SSSR count). The minimum atomic E-state index is -0.794. The summed E-state index contributed by atoms with van der Waals surface area (Å²) in [5.74, 6) is -0.304. The van der Waals surface area contributed by atoms with Crippen LogP contribution >= 0.6 is 27.5 Å². The van der Waals surface area contributed by atoms with Crippen molar-refractivity contribution < 1.29 is 9.90 Å². The van der Waals surface area contributed by atoms with Gasteiger partial charge in [0.2, 0.25) is 0 Å². The van der Waals surface area contributed by atoms with Crippen LogP contribution in [-0.4, -0.2) is 28.1 Å². The topological polar surface area (TPSA) is 62.2 Å². The Hall–Kier alpha value is -0.650. The summed E-state index contributed by atoms with van der Waals surface area (Å²) in [6, 6.07) is 1.63. The molecule has 2 N–H and O–H groups in total. The van der Waals surface area contributed by atoms with Gasteiger partial charge in [-0.15, -0.1) is 0 Å². The fourth-order valence-electron chi connectivity index (χ4n) is 2.49. The van der Waals surface area contributed by atoms with Crippen molar-refractivity contribution in [3.05, 3.63) is 27.5 Å². The molecule has 0 saturated heterocycles. The SMILES string of the molecule is O=C(NCC1(O)CCCCCC1)c1cc(Br)cnc1Cl. The van der Waals surface area contributed by atoms with Crippen LogP contribution in [0.2, 0.25) is 5.15 Å². The molecule has 0 radical (unpaired) electrons. The average Bonchev–Trinajstić information content (AvgIpc) is 2.64. The van der Waals surface area contributed by atoms with Crippen molar-refractivity contribution in [1.29, 1.82) is 0 Å². The summed E-state index contributed by atoms with van der Waals surface area (Å²) in [5, 5.41) is 13.4. The summed E-state index contributed by atoms with van der Waals surface area (Å²) >= 11 is 9.18. The number of carbonyl (C=O) groups excluding carboxylic acids is 1. The molecule has 1 fully saturated rings. The van der Waals surface area contributed by atoms with Gasteiger partial charge in [0.15, 0.2) is 0 Å². The minimum Gasteiger partial charge on any atom is -0.388 e. The number of hydrogen-bond donors (Lipinski definition) is 2. The van der Waals surface area contributed by atoms with Gasteiger partial charge in [-0.25, -0.2) is 4.98 Å². The Morgan fingerprint density at radius 1 is 1.40 bits per heavy atom. The third kappa shape index (κ3) is 4.17. The van der Waals surface area contributed by atoms with Crippen molar-refractivity contribution in [3.8, 4) is 0 Å². The zero-order chi connectivity index (χ0) is 14.6. The quantitative estimate of drug-likeness (QED) is 0.641. The van der Waals surface area contributed by atoms with Crippen molar-refractivity contribution in [1.82, 2.24) is 10.3 Å². The normalized spacial score (nSPS) is 18.4. The van der Waals surface area contributed by atoms with E-state index in [9.17, 15) is 9.90 Å². The minimum absolute atomic E-state index is 0.165. The van der Waals surface area contributed by atoms with Crippen molar-refractivity contribution in [2.24, 2.45) is 0 Å². The molecule has 110 valence electrons. The van der Waals surface area contributed by atoms with E-state index in [1.54, 1.807) is 6.07 Å². The zero-order valence-corrected chi connectivity index (χ0v) is 13.5. The Morgan fingerprint density at radius 2 is 2.05 bits per heavy atom. The van der Waals surface area contributed by atoms with Gasteiger partial charge in [-0.3, -0.25) is 4.79 Å². The van der Waals surface area contributed by atoms with Gasteiger partial charge in [0.1, 0.15) is 5.15 Å². The molecule has 0 spiro atoms. The zero-order valence-electron chi connectivity index (χ0n) is 11.2. The van der Waals surface area contributed by atoms with E-state index in [0.29, 0.717) is 10.0 Å². The first-order chi connectivity index (χ1) is 9.50. The number of aromatic nitrogens is 1. The number of carbonyl (C=O) groups is 1. The summed E-state index contributed by atoms with van der Waals surface area (Å²) < 4.78 is 0.695. The molecule has 1 aromatic heterocycles. The highest BCUT2D eigenvalue weighted by Gasteiger charge is 2.28. The van der Waals surface area contributed by atoms with Crippen LogP contribution in [0, 0.1) is 0 Å². The lowest BCUT2D eigenvalue weighted by Gasteiger charge is -2.26. The summed E-state index contributed by atoms with van der Waals surface area (Å²) in [4.78, 5) is 16.0. The monoisotopic (exact) mass is 360 g/mol. The number of halogens is 2. The molecule has 0 atom stereocenters. The molecular formula is C14H18BrClN2O2. The number of hydrogen-bond acceptors (Lipinski definition) is 3. The van der Waals surface area contributed by atoms with E-state index in [1.165, 1.54) is 6.20 Å². The van der Waals surface area contributed by atoms with Crippen molar-refractivity contribution in [2.75, 3.05) is 6.54 Å². The molecule has 0 unspecified atom stereocenters. The molecule has 0 bridgehead atoms. The number of amides is 1. The van der Waals surface area contributed by atoms with Gasteiger partial charge in [0.25, 0.3) is 5.91 Å². The Morgan fingerprint density at radius 3 is 2.70 bits per heavy atom. The van der Waals surface area contributed by atoms with Crippen molar-refractivity contribution >= 4 is 33.4 Å². The molecule has 0 aromatic carbocycles. The number of aliphatic hydroxyl groups is 1. The van der Waals surface area contributed by atoms with Crippen molar-refractivity contribution in [3.63, 3.8) is 0 Å². The predicted octanol–water partition coefficient (Wildman–Crippen LogP) is 3.31. The maximum absolute atomic E-state index is 12.1. The van der Waals surface area contributed by atoms with Gasteiger partial charge in [0.05, 0.1) is 11.2 Å². The third-order valence-corrected chi connectivity index (χ3v) is 4.40. The van der Waals surface area contributed by atoms with E-state index >= 15 is 0 Å². The molecule has 1 saturated carbocycles. The Bertz CT molecular complexity index is 488. The van der Waals surface area contributed by atoms with E-state index < -0.39 is 5.60 Å². The molecule has 1 amide bonds. The molecule has 1 aliphatic carbocycles. The first-order valence-electron chi connectivity index (χ1n) is 6.82. The van der Waals surface area contributed by atoms with E-state index in [-0.39, 0.29) is 17.6 Å². The fraction of sp³-hybridized carbons (Fsp3) is 0.571. The van der Waals surface area contributed by atoms with Gasteiger partial charge in [0, 0.05) is 17.2 Å². The first kappa shape index (κ1) is 15.7. The highest BCUT2D eigenvalue weighted by atomic mass is 79.9. The molecule has 1 aromatic rings. The van der Waals surface area contributed by atoms with Crippen molar-refractivity contribution in [2.45, 2.75) is 44.1 Å². The Labute approximate surface area is 132 Å². The lowest BCUT2D eigenvalue weighted by Crippen LogP contribution is -2.42. The standard InChI is InChI=1S/C14H18BrClN2O2/c15-10-7-11(12(16)17-8-10)13(19)18-9-14(20)5-3-1-2-4-6-14/h7-8,20H,1-6,9H2,(H,18,19). The molecule has 6 heteroatoms. The third-order valence-electron chi connectivity index (χ3n) is 3.66. The van der Waals surface area contributed by atoms with Gasteiger partial charge in [-0.2, -0.15) is 0 Å². The van der Waals surface area contributed by atoms with E-state index in [4.69, 9.17) is 11.6 Å². The second kappa shape index (κ2) is 6.87. The number of rotatable bonds is 3. The van der Waals surface area contributed by atoms with Crippen LogP contribution < -0.4 is 5.32 Å². The highest BCUT2D eigenvalue weighted by Crippen LogP contribution is 2.26. The van der Waals surface area contributed by atoms with Crippen LogP contribution in [0.15, 0.2) is 16.7 Å². The molecule has 1 heterocycles. The summed E-state index contributed by atoms with van der Waals surface area (Å²) in [6.07, 6.45) is 7.32. The summed E-state index contributed by atoms with van der Waals surface area (Å²) in [6.45, 7) is 0.259. The van der Waals surface area contributed by atoms with Crippen LogP contribution in [0.3, 0.4) is 0 Å². The smallest absolute Gasteiger partial charge is 0.254 e. The van der Waals surface area contributed by atoms with E-state index in [0.717, 1.165) is 38.5 Å². The second-order valence-corrected chi connectivity index (χ2v) is 6.59. The number of pyridine rings is 1. The van der Waals surface area contributed by atoms with Gasteiger partial charge in [-0.1, -0.05) is 37.3 Å². The van der Waals surface area contributed by atoms with E-state index in [2.05, 4.69) is 26.2 Å².